The van der Waals surface area contributed by atoms with Crippen LogP contribution >= 0.6 is 35.3 Å². The van der Waals surface area contributed by atoms with E-state index in [1.54, 1.807) is 25.6 Å². The van der Waals surface area contributed by atoms with Crippen LogP contribution in [-0.2, 0) is 0 Å². The van der Waals surface area contributed by atoms with Crippen molar-refractivity contribution in [1.82, 2.24) is 10.6 Å². The van der Waals surface area contributed by atoms with Crippen molar-refractivity contribution in [3.63, 3.8) is 0 Å². The standard InChI is InChI=1S/C23H34N4O2S.HI/c1-5-24-23(25-16-17(2)22-7-6-12-30-22)26-18-8-10-27(11-9-18)19-13-20(28-3)15-21(14-19)29-4;/h6-7,12-15,17-18H,5,8-11,16H2,1-4H3,(H2,24,25,26);1H. The van der Waals surface area contributed by atoms with Crippen LogP contribution in [0.3, 0.4) is 0 Å². The second-order valence-corrected chi connectivity index (χ2v) is 8.59. The van der Waals surface area contributed by atoms with Crippen molar-refractivity contribution < 1.29 is 9.47 Å². The van der Waals surface area contributed by atoms with E-state index < -0.39 is 0 Å². The summed E-state index contributed by atoms with van der Waals surface area (Å²) in [5.74, 6) is 3.00. The Hall–Kier alpha value is -1.68. The first-order valence-corrected chi connectivity index (χ1v) is 11.6. The number of aliphatic imine (C=N–C) groups is 1. The summed E-state index contributed by atoms with van der Waals surface area (Å²) in [6.45, 7) is 7.97. The number of nitrogens with one attached hydrogen (secondary N) is 2. The lowest BCUT2D eigenvalue weighted by molar-refractivity contribution is 0.393. The van der Waals surface area contributed by atoms with E-state index in [0.29, 0.717) is 12.0 Å². The lowest BCUT2D eigenvalue weighted by Gasteiger charge is -2.35. The van der Waals surface area contributed by atoms with Crippen LogP contribution in [0.2, 0.25) is 0 Å². The molecule has 0 saturated carbocycles. The lowest BCUT2D eigenvalue weighted by Crippen LogP contribution is -2.48. The zero-order valence-electron chi connectivity index (χ0n) is 18.9. The van der Waals surface area contributed by atoms with Gasteiger partial charge in [0.1, 0.15) is 11.5 Å². The van der Waals surface area contributed by atoms with Crippen molar-refractivity contribution in [3.05, 3.63) is 40.6 Å². The van der Waals surface area contributed by atoms with E-state index in [9.17, 15) is 0 Å². The van der Waals surface area contributed by atoms with Crippen LogP contribution in [0.5, 0.6) is 11.5 Å². The summed E-state index contributed by atoms with van der Waals surface area (Å²) in [6, 6.07) is 10.8. The van der Waals surface area contributed by atoms with Crippen LogP contribution in [0.1, 0.15) is 37.5 Å². The summed E-state index contributed by atoms with van der Waals surface area (Å²) in [6.07, 6.45) is 2.12. The molecule has 2 aromatic rings. The van der Waals surface area contributed by atoms with Crippen LogP contribution in [0, 0.1) is 0 Å². The smallest absolute Gasteiger partial charge is 0.191 e. The average molecular weight is 559 g/mol. The van der Waals surface area contributed by atoms with E-state index in [1.165, 1.54) is 4.88 Å². The van der Waals surface area contributed by atoms with Gasteiger partial charge in [-0.1, -0.05) is 13.0 Å². The van der Waals surface area contributed by atoms with E-state index in [0.717, 1.165) is 62.2 Å². The molecule has 31 heavy (non-hydrogen) atoms. The molecule has 0 radical (unpaired) electrons. The van der Waals surface area contributed by atoms with Crippen LogP contribution in [0.25, 0.3) is 0 Å². The monoisotopic (exact) mass is 558 g/mol. The number of rotatable bonds is 8. The Kier molecular flexibility index (Phi) is 10.7. The third-order valence-electron chi connectivity index (χ3n) is 5.43. The highest BCUT2D eigenvalue weighted by Crippen LogP contribution is 2.30. The molecule has 2 heterocycles. The Balaban J connectivity index is 0.00000341. The fourth-order valence-electron chi connectivity index (χ4n) is 3.66. The van der Waals surface area contributed by atoms with E-state index in [2.05, 4.69) is 59.0 Å². The first-order valence-electron chi connectivity index (χ1n) is 10.7. The maximum absolute atomic E-state index is 5.42. The van der Waals surface area contributed by atoms with Crippen LogP contribution in [-0.4, -0.2) is 52.4 Å². The lowest BCUT2D eigenvalue weighted by atomic mass is 10.0. The van der Waals surface area contributed by atoms with Crippen LogP contribution in [0.15, 0.2) is 40.7 Å². The molecular formula is C23H35IN4O2S. The zero-order valence-corrected chi connectivity index (χ0v) is 22.0. The molecule has 3 rings (SSSR count). The average Bonchev–Trinajstić information content (AvgIpc) is 3.32. The van der Waals surface area contributed by atoms with Crippen molar-refractivity contribution in [2.24, 2.45) is 4.99 Å². The number of guanidine groups is 1. The number of halogens is 1. The van der Waals surface area contributed by atoms with Gasteiger partial charge in [-0.15, -0.1) is 35.3 Å². The summed E-state index contributed by atoms with van der Waals surface area (Å²) in [5, 5.41) is 9.17. The zero-order chi connectivity index (χ0) is 21.3. The van der Waals surface area contributed by atoms with Gasteiger partial charge in [-0.2, -0.15) is 0 Å². The highest BCUT2D eigenvalue weighted by Gasteiger charge is 2.21. The first kappa shape index (κ1) is 25.6. The quantitative estimate of drug-likeness (QED) is 0.279. The third-order valence-corrected chi connectivity index (χ3v) is 6.54. The van der Waals surface area contributed by atoms with Gasteiger partial charge in [0.05, 0.1) is 20.8 Å². The van der Waals surface area contributed by atoms with Gasteiger partial charge in [-0.25, -0.2) is 0 Å². The van der Waals surface area contributed by atoms with E-state index in [1.807, 2.05) is 6.07 Å². The van der Waals surface area contributed by atoms with Crippen molar-refractivity contribution in [1.29, 1.82) is 0 Å². The molecular weight excluding hydrogens is 523 g/mol. The number of hydrogen-bond acceptors (Lipinski definition) is 5. The molecule has 1 saturated heterocycles. The Morgan fingerprint density at radius 3 is 2.42 bits per heavy atom. The van der Waals surface area contributed by atoms with Crippen molar-refractivity contribution >= 4 is 47.0 Å². The Morgan fingerprint density at radius 1 is 1.19 bits per heavy atom. The highest BCUT2D eigenvalue weighted by atomic mass is 127. The van der Waals surface area contributed by atoms with Crippen LogP contribution < -0.4 is 25.0 Å². The number of thiophene rings is 1. The van der Waals surface area contributed by atoms with Gasteiger partial charge in [-0.05, 0) is 31.2 Å². The number of hydrogen-bond donors (Lipinski definition) is 2. The summed E-state index contributed by atoms with van der Waals surface area (Å²) < 4.78 is 10.8. The molecule has 1 aliphatic heterocycles. The largest absolute Gasteiger partial charge is 0.497 e. The Morgan fingerprint density at radius 2 is 1.87 bits per heavy atom. The summed E-state index contributed by atoms with van der Waals surface area (Å²) in [5.41, 5.74) is 1.15. The molecule has 0 spiro atoms. The van der Waals surface area contributed by atoms with Crippen LogP contribution in [0.4, 0.5) is 5.69 Å². The van der Waals surface area contributed by atoms with Gasteiger partial charge in [0.25, 0.3) is 0 Å². The SMILES string of the molecule is CCNC(=NCC(C)c1cccs1)NC1CCN(c2cc(OC)cc(OC)c2)CC1.I. The van der Waals surface area contributed by atoms with Gasteiger partial charge >= 0.3 is 0 Å². The molecule has 1 atom stereocenters. The number of piperidine rings is 1. The van der Waals surface area contributed by atoms with E-state index >= 15 is 0 Å². The minimum atomic E-state index is 0. The summed E-state index contributed by atoms with van der Waals surface area (Å²) in [4.78, 5) is 8.62. The molecule has 0 amide bonds. The van der Waals surface area contributed by atoms with Crippen molar-refractivity contribution in [2.75, 3.05) is 45.3 Å². The molecule has 1 unspecified atom stereocenters. The minimum Gasteiger partial charge on any atom is -0.497 e. The fourth-order valence-corrected chi connectivity index (χ4v) is 4.44. The predicted molar refractivity (Wildman–Crippen MR) is 142 cm³/mol. The number of ether oxygens (including phenoxy) is 2. The van der Waals surface area contributed by atoms with E-state index in [4.69, 9.17) is 14.5 Å². The predicted octanol–water partition coefficient (Wildman–Crippen LogP) is 4.71. The van der Waals surface area contributed by atoms with Gasteiger partial charge in [0.15, 0.2) is 5.96 Å². The van der Waals surface area contributed by atoms with Crippen molar-refractivity contribution in [2.45, 2.75) is 38.6 Å². The number of methoxy groups -OCH3 is 2. The van der Waals surface area contributed by atoms with Crippen molar-refractivity contribution in [3.8, 4) is 11.5 Å². The second kappa shape index (κ2) is 13.0. The maximum Gasteiger partial charge on any atom is 0.191 e. The third kappa shape index (κ3) is 7.45. The number of anilines is 1. The molecule has 1 aromatic carbocycles. The summed E-state index contributed by atoms with van der Waals surface area (Å²) >= 11 is 1.80. The molecule has 2 N–H and O–H groups in total. The van der Waals surface area contributed by atoms with Gasteiger partial charge in [0, 0.05) is 60.4 Å². The van der Waals surface area contributed by atoms with Gasteiger partial charge in [0.2, 0.25) is 0 Å². The Labute approximate surface area is 207 Å². The molecule has 172 valence electrons. The fraction of sp³-hybridized carbons (Fsp3) is 0.522. The molecule has 1 fully saturated rings. The highest BCUT2D eigenvalue weighted by molar-refractivity contribution is 14.0. The normalized spacial score (nSPS) is 15.7. The first-order chi connectivity index (χ1) is 14.6. The molecule has 1 aromatic heterocycles. The van der Waals surface area contributed by atoms with Gasteiger partial charge in [-0.3, -0.25) is 4.99 Å². The molecule has 8 heteroatoms. The molecule has 0 aliphatic carbocycles. The molecule has 0 bridgehead atoms. The van der Waals surface area contributed by atoms with Gasteiger partial charge < -0.3 is 25.0 Å². The summed E-state index contributed by atoms with van der Waals surface area (Å²) in [7, 11) is 3.38. The second-order valence-electron chi connectivity index (χ2n) is 7.61. The topological polar surface area (TPSA) is 58.1 Å². The molecule has 1 aliphatic rings. The minimum absolute atomic E-state index is 0. The maximum atomic E-state index is 5.42. The Bertz CT molecular complexity index is 786. The number of benzene rings is 1. The van der Waals surface area contributed by atoms with E-state index in [-0.39, 0.29) is 24.0 Å². The molecule has 6 nitrogen and oxygen atoms in total. The number of nitrogens with zero attached hydrogens (tertiary/aromatic N) is 2.